The molecule has 1 atom stereocenters. The first kappa shape index (κ1) is 27.7. The van der Waals surface area contributed by atoms with Gasteiger partial charge in [0.15, 0.2) is 0 Å². The number of sulfonamides is 1. The molecule has 2 aromatic carbocycles. The van der Waals surface area contributed by atoms with Crippen LogP contribution in [0.2, 0.25) is 5.02 Å². The standard InChI is InChI=1S/C25H34ClN3O4S/c1-5-7-15-27-25(31)23(6-2)28(17-20-11-9-8-10-12-20)24(30)18-29(34(4,32)33)21-14-13-19(3)22(26)16-21/h8-14,16,23H,5-7,15,17-18H2,1-4H3,(H,27,31). The van der Waals surface area contributed by atoms with E-state index in [2.05, 4.69) is 5.32 Å². The minimum Gasteiger partial charge on any atom is -0.354 e. The molecule has 0 saturated carbocycles. The number of unbranched alkanes of at least 4 members (excludes halogenated alkanes) is 1. The maximum Gasteiger partial charge on any atom is 0.244 e. The predicted molar refractivity (Wildman–Crippen MR) is 137 cm³/mol. The Morgan fingerprint density at radius 3 is 2.32 bits per heavy atom. The number of anilines is 1. The molecule has 34 heavy (non-hydrogen) atoms. The first-order valence-electron chi connectivity index (χ1n) is 11.4. The molecule has 7 nitrogen and oxygen atoms in total. The minimum absolute atomic E-state index is 0.186. The highest BCUT2D eigenvalue weighted by atomic mass is 35.5. The molecule has 0 aromatic heterocycles. The van der Waals surface area contributed by atoms with Crippen molar-refractivity contribution in [3.63, 3.8) is 0 Å². The summed E-state index contributed by atoms with van der Waals surface area (Å²) in [6, 6.07) is 13.5. The van der Waals surface area contributed by atoms with Gasteiger partial charge in [-0.2, -0.15) is 0 Å². The van der Waals surface area contributed by atoms with Crippen LogP contribution in [0.5, 0.6) is 0 Å². The molecule has 186 valence electrons. The molecule has 0 bridgehead atoms. The maximum atomic E-state index is 13.6. The predicted octanol–water partition coefficient (Wildman–Crippen LogP) is 4.14. The van der Waals surface area contributed by atoms with Gasteiger partial charge in [-0.3, -0.25) is 13.9 Å². The topological polar surface area (TPSA) is 86.8 Å². The van der Waals surface area contributed by atoms with Crippen molar-refractivity contribution >= 4 is 39.1 Å². The molecule has 9 heteroatoms. The highest BCUT2D eigenvalue weighted by molar-refractivity contribution is 7.92. The Labute approximate surface area is 208 Å². The molecule has 2 amide bonds. The molecule has 0 radical (unpaired) electrons. The number of nitrogens with zero attached hydrogens (tertiary/aromatic N) is 2. The van der Waals surface area contributed by atoms with Crippen LogP contribution in [0.1, 0.15) is 44.2 Å². The van der Waals surface area contributed by atoms with Gasteiger partial charge in [0.25, 0.3) is 0 Å². The van der Waals surface area contributed by atoms with Gasteiger partial charge < -0.3 is 10.2 Å². The lowest BCUT2D eigenvalue weighted by Gasteiger charge is -2.33. The Morgan fingerprint density at radius 1 is 1.09 bits per heavy atom. The van der Waals surface area contributed by atoms with Gasteiger partial charge in [0, 0.05) is 18.1 Å². The van der Waals surface area contributed by atoms with E-state index in [1.807, 2.05) is 51.1 Å². The third-order valence-corrected chi connectivity index (χ3v) is 7.08. The van der Waals surface area contributed by atoms with Crippen LogP contribution in [0.15, 0.2) is 48.5 Å². The largest absolute Gasteiger partial charge is 0.354 e. The molecule has 1 unspecified atom stereocenters. The van der Waals surface area contributed by atoms with Crippen LogP contribution in [-0.4, -0.2) is 50.5 Å². The molecule has 0 aliphatic carbocycles. The van der Waals surface area contributed by atoms with E-state index in [-0.39, 0.29) is 12.5 Å². The Morgan fingerprint density at radius 2 is 1.76 bits per heavy atom. The number of carbonyl (C=O) groups is 2. The lowest BCUT2D eigenvalue weighted by molar-refractivity contribution is -0.140. The molecule has 0 heterocycles. The summed E-state index contributed by atoms with van der Waals surface area (Å²) in [5.74, 6) is -0.715. The third-order valence-electron chi connectivity index (χ3n) is 5.53. The summed E-state index contributed by atoms with van der Waals surface area (Å²) in [6.07, 6.45) is 3.22. The van der Waals surface area contributed by atoms with Gasteiger partial charge in [-0.25, -0.2) is 8.42 Å². The summed E-state index contributed by atoms with van der Waals surface area (Å²) >= 11 is 6.22. The second kappa shape index (κ2) is 12.8. The molecule has 0 spiro atoms. The molecule has 0 saturated heterocycles. The number of rotatable bonds is 12. The van der Waals surface area contributed by atoms with Crippen molar-refractivity contribution in [2.45, 2.75) is 52.6 Å². The Hall–Kier alpha value is -2.58. The van der Waals surface area contributed by atoms with Crippen LogP contribution in [0.25, 0.3) is 0 Å². The zero-order chi connectivity index (χ0) is 25.3. The number of hydrogen-bond donors (Lipinski definition) is 1. The summed E-state index contributed by atoms with van der Waals surface area (Å²) < 4.78 is 26.3. The molecule has 0 aliphatic heterocycles. The van der Waals surface area contributed by atoms with E-state index < -0.39 is 28.5 Å². The van der Waals surface area contributed by atoms with Crippen LogP contribution in [0.3, 0.4) is 0 Å². The van der Waals surface area contributed by atoms with E-state index in [0.29, 0.717) is 23.7 Å². The highest BCUT2D eigenvalue weighted by Crippen LogP contribution is 2.25. The van der Waals surface area contributed by atoms with E-state index in [1.165, 1.54) is 11.0 Å². The van der Waals surface area contributed by atoms with E-state index in [0.717, 1.165) is 34.5 Å². The molecule has 0 fully saturated rings. The van der Waals surface area contributed by atoms with Crippen LogP contribution < -0.4 is 9.62 Å². The van der Waals surface area contributed by atoms with Crippen LogP contribution >= 0.6 is 11.6 Å². The second-order valence-electron chi connectivity index (χ2n) is 8.28. The van der Waals surface area contributed by atoms with E-state index in [4.69, 9.17) is 11.6 Å². The normalized spacial score (nSPS) is 12.1. The summed E-state index contributed by atoms with van der Waals surface area (Å²) in [6.45, 7) is 5.95. The maximum absolute atomic E-state index is 13.6. The Kier molecular flexibility index (Phi) is 10.4. The van der Waals surface area contributed by atoms with Crippen molar-refractivity contribution in [3.05, 3.63) is 64.7 Å². The fourth-order valence-corrected chi connectivity index (χ4v) is 4.57. The van der Waals surface area contributed by atoms with Gasteiger partial charge in [0.05, 0.1) is 11.9 Å². The summed E-state index contributed by atoms with van der Waals surface area (Å²) in [7, 11) is -3.79. The second-order valence-corrected chi connectivity index (χ2v) is 10.6. The fraction of sp³-hybridized carbons (Fsp3) is 0.440. The molecule has 1 N–H and O–H groups in total. The van der Waals surface area contributed by atoms with Gasteiger partial charge in [-0.05, 0) is 43.0 Å². The van der Waals surface area contributed by atoms with E-state index in [1.54, 1.807) is 12.1 Å². The average molecular weight is 508 g/mol. The number of carbonyl (C=O) groups excluding carboxylic acids is 2. The summed E-state index contributed by atoms with van der Waals surface area (Å²) in [5, 5.41) is 3.31. The van der Waals surface area contributed by atoms with Crippen molar-refractivity contribution < 1.29 is 18.0 Å². The summed E-state index contributed by atoms with van der Waals surface area (Å²) in [4.78, 5) is 28.0. The smallest absolute Gasteiger partial charge is 0.244 e. The molecular weight excluding hydrogens is 474 g/mol. The molecule has 0 aliphatic rings. The van der Waals surface area contributed by atoms with Gasteiger partial charge in [-0.15, -0.1) is 0 Å². The number of amides is 2. The minimum atomic E-state index is -3.79. The van der Waals surface area contributed by atoms with Crippen LogP contribution in [0.4, 0.5) is 5.69 Å². The van der Waals surface area contributed by atoms with Crippen molar-refractivity contribution in [1.29, 1.82) is 0 Å². The monoisotopic (exact) mass is 507 g/mol. The SMILES string of the molecule is CCCCNC(=O)C(CC)N(Cc1ccccc1)C(=O)CN(c1ccc(C)c(Cl)c1)S(C)(=O)=O. The van der Waals surface area contributed by atoms with Crippen molar-refractivity contribution in [1.82, 2.24) is 10.2 Å². The van der Waals surface area contributed by atoms with E-state index >= 15 is 0 Å². The first-order chi connectivity index (χ1) is 16.1. The number of halogens is 1. The fourth-order valence-electron chi connectivity index (χ4n) is 3.56. The zero-order valence-corrected chi connectivity index (χ0v) is 21.8. The lowest BCUT2D eigenvalue weighted by atomic mass is 10.1. The number of benzene rings is 2. The van der Waals surface area contributed by atoms with E-state index in [9.17, 15) is 18.0 Å². The molecule has 2 aromatic rings. The van der Waals surface area contributed by atoms with Crippen LogP contribution in [-0.2, 0) is 26.2 Å². The van der Waals surface area contributed by atoms with Crippen molar-refractivity contribution in [2.75, 3.05) is 23.7 Å². The quantitative estimate of drug-likeness (QED) is 0.437. The Bertz CT molecular complexity index is 1080. The zero-order valence-electron chi connectivity index (χ0n) is 20.3. The number of aryl methyl sites for hydroxylation is 1. The molecule has 2 rings (SSSR count). The van der Waals surface area contributed by atoms with Crippen molar-refractivity contribution in [3.8, 4) is 0 Å². The number of hydrogen-bond acceptors (Lipinski definition) is 4. The Balaban J connectivity index is 2.39. The first-order valence-corrected chi connectivity index (χ1v) is 13.7. The summed E-state index contributed by atoms with van der Waals surface area (Å²) in [5.41, 5.74) is 1.94. The van der Waals surface area contributed by atoms with Gasteiger partial charge in [0.1, 0.15) is 12.6 Å². The average Bonchev–Trinajstić information content (AvgIpc) is 2.79. The highest BCUT2D eigenvalue weighted by Gasteiger charge is 2.31. The van der Waals surface area contributed by atoms with Crippen LogP contribution in [0, 0.1) is 6.92 Å². The number of nitrogens with one attached hydrogen (secondary N) is 1. The van der Waals surface area contributed by atoms with Gasteiger partial charge in [-0.1, -0.05) is 68.3 Å². The molecular formula is C25H34ClN3O4S. The third kappa shape index (κ3) is 7.74. The lowest BCUT2D eigenvalue weighted by Crippen LogP contribution is -2.52. The van der Waals surface area contributed by atoms with Crippen molar-refractivity contribution in [2.24, 2.45) is 0 Å². The van der Waals surface area contributed by atoms with Gasteiger partial charge in [0.2, 0.25) is 21.8 Å². The van der Waals surface area contributed by atoms with Gasteiger partial charge >= 0.3 is 0 Å².